The van der Waals surface area contributed by atoms with E-state index in [-0.39, 0.29) is 11.8 Å². The molecule has 2 aliphatic carbocycles. The van der Waals surface area contributed by atoms with Gasteiger partial charge in [-0.1, -0.05) is 11.6 Å². The zero-order chi connectivity index (χ0) is 18.1. The highest BCUT2D eigenvalue weighted by atomic mass is 35.5. The molecule has 1 N–H and O–H groups in total. The van der Waals surface area contributed by atoms with Crippen LogP contribution in [0.15, 0.2) is 18.3 Å². The van der Waals surface area contributed by atoms with Gasteiger partial charge in [0.1, 0.15) is 5.82 Å². The van der Waals surface area contributed by atoms with Gasteiger partial charge in [0.2, 0.25) is 11.8 Å². The van der Waals surface area contributed by atoms with Gasteiger partial charge in [0, 0.05) is 31.6 Å². The fourth-order valence-corrected chi connectivity index (χ4v) is 4.28. The normalized spacial score (nSPS) is 21.1. The summed E-state index contributed by atoms with van der Waals surface area (Å²) in [6, 6.07) is 3.41. The second-order valence-electron chi connectivity index (χ2n) is 8.05. The molecule has 140 valence electrons. The summed E-state index contributed by atoms with van der Waals surface area (Å²) in [5, 5.41) is 3.40. The van der Waals surface area contributed by atoms with Gasteiger partial charge >= 0.3 is 0 Å². The van der Waals surface area contributed by atoms with Crippen LogP contribution in [-0.2, 0) is 9.59 Å². The van der Waals surface area contributed by atoms with Crippen molar-refractivity contribution in [3.8, 4) is 0 Å². The van der Waals surface area contributed by atoms with E-state index < -0.39 is 0 Å². The Hall–Kier alpha value is -1.62. The van der Waals surface area contributed by atoms with E-state index in [1.54, 1.807) is 12.1 Å². The van der Waals surface area contributed by atoms with Gasteiger partial charge in [0.05, 0.1) is 5.02 Å². The van der Waals surface area contributed by atoms with Crippen molar-refractivity contribution in [3.05, 3.63) is 23.4 Å². The van der Waals surface area contributed by atoms with Gasteiger partial charge in [0.15, 0.2) is 0 Å². The van der Waals surface area contributed by atoms with E-state index >= 15 is 0 Å². The molecular weight excluding hydrogens is 350 g/mol. The van der Waals surface area contributed by atoms with Crippen molar-refractivity contribution >= 4 is 29.2 Å². The van der Waals surface area contributed by atoms with E-state index in [0.717, 1.165) is 31.1 Å². The maximum absolute atomic E-state index is 12.7. The highest BCUT2D eigenvalue weighted by Crippen LogP contribution is 2.50. The van der Waals surface area contributed by atoms with E-state index in [0.29, 0.717) is 35.8 Å². The lowest BCUT2D eigenvalue weighted by Gasteiger charge is -2.32. The van der Waals surface area contributed by atoms with Crippen LogP contribution in [0, 0.1) is 23.7 Å². The molecule has 0 unspecified atom stereocenters. The van der Waals surface area contributed by atoms with E-state index in [2.05, 4.69) is 10.3 Å². The van der Waals surface area contributed by atoms with Gasteiger partial charge in [-0.05, 0) is 68.4 Å². The summed E-state index contributed by atoms with van der Waals surface area (Å²) in [6.07, 6.45) is 8.95. The Bertz CT molecular complexity index is 650. The van der Waals surface area contributed by atoms with E-state index in [4.69, 9.17) is 11.6 Å². The third-order valence-electron chi connectivity index (χ3n) is 6.06. The van der Waals surface area contributed by atoms with Gasteiger partial charge in [-0.15, -0.1) is 0 Å². The maximum Gasteiger partial charge on any atom is 0.228 e. The molecule has 1 aliphatic heterocycles. The summed E-state index contributed by atoms with van der Waals surface area (Å²) >= 11 is 5.81. The molecule has 0 radical (unpaired) electrons. The average Bonchev–Trinajstić information content (AvgIpc) is 3.55. The van der Waals surface area contributed by atoms with Crippen molar-refractivity contribution in [1.29, 1.82) is 0 Å². The molecule has 0 aromatic carbocycles. The number of hydrogen-bond acceptors (Lipinski definition) is 3. The highest BCUT2D eigenvalue weighted by Gasteiger charge is 2.43. The summed E-state index contributed by atoms with van der Waals surface area (Å²) in [5.41, 5.74) is 0. The molecule has 6 heteroatoms. The fraction of sp³-hybridized carbons (Fsp3) is 0.650. The molecule has 0 bridgehead atoms. The van der Waals surface area contributed by atoms with Gasteiger partial charge < -0.3 is 10.2 Å². The lowest BCUT2D eigenvalue weighted by molar-refractivity contribution is -0.135. The van der Waals surface area contributed by atoms with E-state index in [9.17, 15) is 9.59 Å². The Morgan fingerprint density at radius 2 is 1.77 bits per heavy atom. The summed E-state index contributed by atoms with van der Waals surface area (Å²) < 4.78 is 0. The quantitative estimate of drug-likeness (QED) is 0.823. The van der Waals surface area contributed by atoms with E-state index in [1.807, 2.05) is 4.90 Å². The Morgan fingerprint density at radius 1 is 1.12 bits per heavy atom. The first-order valence-electron chi connectivity index (χ1n) is 9.80. The molecule has 0 atom stereocenters. The second-order valence-corrected chi connectivity index (χ2v) is 8.49. The van der Waals surface area contributed by atoms with Crippen LogP contribution in [0.4, 0.5) is 5.82 Å². The van der Waals surface area contributed by atoms with Crippen LogP contribution >= 0.6 is 11.6 Å². The van der Waals surface area contributed by atoms with Crippen molar-refractivity contribution in [2.75, 3.05) is 18.4 Å². The standard InChI is InChI=1S/C20H26ClN3O2/c21-16-5-6-18(22-12-16)23-20(26)15-7-9-24(10-8-15)19(25)11-17(13-1-2-13)14-3-4-14/h5-6,12-15,17H,1-4,7-11H2,(H,22,23,26). The lowest BCUT2D eigenvalue weighted by Crippen LogP contribution is -2.42. The Labute approximate surface area is 159 Å². The predicted molar refractivity (Wildman–Crippen MR) is 101 cm³/mol. The van der Waals surface area contributed by atoms with Gasteiger partial charge in [0.25, 0.3) is 0 Å². The number of aromatic nitrogens is 1. The number of rotatable bonds is 6. The van der Waals surface area contributed by atoms with Crippen molar-refractivity contribution < 1.29 is 9.59 Å². The zero-order valence-electron chi connectivity index (χ0n) is 15.0. The van der Waals surface area contributed by atoms with Gasteiger partial charge in [-0.25, -0.2) is 4.98 Å². The van der Waals surface area contributed by atoms with Gasteiger partial charge in [-0.2, -0.15) is 0 Å². The fourth-order valence-electron chi connectivity index (χ4n) is 4.17. The number of likely N-dealkylation sites (tertiary alicyclic amines) is 1. The molecule has 4 rings (SSSR count). The topological polar surface area (TPSA) is 62.3 Å². The Kier molecular flexibility index (Phi) is 5.16. The maximum atomic E-state index is 12.7. The summed E-state index contributed by atoms with van der Waals surface area (Å²) in [5.74, 6) is 2.99. The molecule has 26 heavy (non-hydrogen) atoms. The Balaban J connectivity index is 1.24. The molecule has 5 nitrogen and oxygen atoms in total. The summed E-state index contributed by atoms with van der Waals surface area (Å²) in [7, 11) is 0. The Morgan fingerprint density at radius 3 is 2.31 bits per heavy atom. The predicted octanol–water partition coefficient (Wildman–Crippen LogP) is 3.74. The largest absolute Gasteiger partial charge is 0.343 e. The van der Waals surface area contributed by atoms with Crippen molar-refractivity contribution in [3.63, 3.8) is 0 Å². The number of carbonyl (C=O) groups is 2. The number of hydrogen-bond donors (Lipinski definition) is 1. The summed E-state index contributed by atoms with van der Waals surface area (Å²) in [6.45, 7) is 1.38. The van der Waals surface area contributed by atoms with Crippen LogP contribution in [0.25, 0.3) is 0 Å². The second kappa shape index (κ2) is 7.55. The number of halogens is 1. The lowest BCUT2D eigenvalue weighted by atomic mass is 9.91. The smallest absolute Gasteiger partial charge is 0.228 e. The van der Waals surface area contributed by atoms with Crippen molar-refractivity contribution in [2.45, 2.75) is 44.9 Å². The third-order valence-corrected chi connectivity index (χ3v) is 6.29. The molecule has 2 amide bonds. The minimum Gasteiger partial charge on any atom is -0.343 e. The minimum atomic E-state index is -0.0563. The minimum absolute atomic E-state index is 0.0132. The first-order valence-corrected chi connectivity index (χ1v) is 10.2. The molecule has 1 aromatic heterocycles. The third kappa shape index (κ3) is 4.37. The van der Waals surface area contributed by atoms with Crippen molar-refractivity contribution in [2.24, 2.45) is 23.7 Å². The van der Waals surface area contributed by atoms with Crippen LogP contribution in [0.3, 0.4) is 0 Å². The first-order chi connectivity index (χ1) is 12.6. The molecule has 0 spiro atoms. The van der Waals surface area contributed by atoms with Gasteiger partial charge in [-0.3, -0.25) is 9.59 Å². The molecular formula is C20H26ClN3O2. The van der Waals surface area contributed by atoms with Crippen LogP contribution in [-0.4, -0.2) is 34.8 Å². The molecule has 2 saturated carbocycles. The van der Waals surface area contributed by atoms with Crippen LogP contribution in [0.2, 0.25) is 5.02 Å². The van der Waals surface area contributed by atoms with E-state index in [1.165, 1.54) is 31.9 Å². The van der Waals surface area contributed by atoms with Crippen LogP contribution in [0.1, 0.15) is 44.9 Å². The van der Waals surface area contributed by atoms with Crippen LogP contribution in [0.5, 0.6) is 0 Å². The molecule has 1 aromatic rings. The monoisotopic (exact) mass is 375 g/mol. The summed E-state index contributed by atoms with van der Waals surface area (Å²) in [4.78, 5) is 31.2. The number of nitrogens with one attached hydrogen (secondary N) is 1. The number of anilines is 1. The zero-order valence-corrected chi connectivity index (χ0v) is 15.8. The number of carbonyl (C=O) groups excluding carboxylic acids is 2. The number of pyridine rings is 1. The van der Waals surface area contributed by atoms with Crippen molar-refractivity contribution in [1.82, 2.24) is 9.88 Å². The number of amides is 2. The molecule has 2 heterocycles. The highest BCUT2D eigenvalue weighted by molar-refractivity contribution is 6.30. The van der Waals surface area contributed by atoms with Crippen LogP contribution < -0.4 is 5.32 Å². The molecule has 3 aliphatic rings. The number of piperidine rings is 1. The average molecular weight is 376 g/mol. The first kappa shape index (κ1) is 17.8. The molecule has 3 fully saturated rings. The number of nitrogens with zero attached hydrogens (tertiary/aromatic N) is 2. The SMILES string of the molecule is O=C(Nc1ccc(Cl)cn1)C1CCN(C(=O)CC(C2CC2)C2CC2)CC1. The molecule has 1 saturated heterocycles.